The van der Waals surface area contributed by atoms with Gasteiger partial charge in [0, 0.05) is 26.7 Å². The van der Waals surface area contributed by atoms with Gasteiger partial charge < -0.3 is 15.0 Å². The van der Waals surface area contributed by atoms with Crippen molar-refractivity contribution < 1.29 is 9.53 Å². The first-order valence-electron chi connectivity index (χ1n) is 6.13. The molecule has 16 heavy (non-hydrogen) atoms. The highest BCUT2D eigenvalue weighted by Crippen LogP contribution is 2.03. The summed E-state index contributed by atoms with van der Waals surface area (Å²) in [6.07, 6.45) is 1.11. The maximum absolute atomic E-state index is 11.8. The first kappa shape index (κ1) is 15.4. The van der Waals surface area contributed by atoms with Gasteiger partial charge in [-0.1, -0.05) is 20.3 Å². The van der Waals surface area contributed by atoms with Crippen LogP contribution in [0.15, 0.2) is 0 Å². The fourth-order valence-electron chi connectivity index (χ4n) is 1.39. The number of nitrogens with zero attached hydrogens (tertiary/aromatic N) is 1. The van der Waals surface area contributed by atoms with Crippen LogP contribution in [0.4, 0.5) is 0 Å². The molecule has 1 N–H and O–H groups in total. The lowest BCUT2D eigenvalue weighted by molar-refractivity contribution is -0.130. The molecule has 96 valence electrons. The van der Waals surface area contributed by atoms with Gasteiger partial charge >= 0.3 is 0 Å². The van der Waals surface area contributed by atoms with Crippen molar-refractivity contribution in [3.63, 3.8) is 0 Å². The Morgan fingerprint density at radius 2 is 2.12 bits per heavy atom. The van der Waals surface area contributed by atoms with Crippen LogP contribution < -0.4 is 5.32 Å². The summed E-state index contributed by atoms with van der Waals surface area (Å²) in [7, 11) is 1.66. The van der Waals surface area contributed by atoms with Gasteiger partial charge in [-0.05, 0) is 12.8 Å². The smallest absolute Gasteiger partial charge is 0.236 e. The van der Waals surface area contributed by atoms with Crippen LogP contribution in [-0.4, -0.2) is 50.7 Å². The Balaban J connectivity index is 3.82. The summed E-state index contributed by atoms with van der Waals surface area (Å²) in [5.41, 5.74) is 0. The Kier molecular flexibility index (Phi) is 9.24. The molecule has 0 saturated heterocycles. The van der Waals surface area contributed by atoms with Crippen molar-refractivity contribution in [1.82, 2.24) is 10.2 Å². The Bertz CT molecular complexity index is 186. The number of nitrogens with one attached hydrogen (secondary N) is 1. The van der Waals surface area contributed by atoms with Gasteiger partial charge in [0.25, 0.3) is 0 Å². The molecular weight excluding hydrogens is 204 g/mol. The fraction of sp³-hybridized carbons (Fsp3) is 0.917. The van der Waals surface area contributed by atoms with Crippen molar-refractivity contribution in [1.29, 1.82) is 0 Å². The minimum atomic E-state index is 0.180. The number of ether oxygens (including phenoxy) is 1. The molecule has 0 spiro atoms. The van der Waals surface area contributed by atoms with Crippen molar-refractivity contribution >= 4 is 5.91 Å². The molecule has 4 nitrogen and oxygen atoms in total. The second kappa shape index (κ2) is 9.60. The van der Waals surface area contributed by atoms with E-state index in [-0.39, 0.29) is 5.91 Å². The minimum Gasteiger partial charge on any atom is -0.383 e. The van der Waals surface area contributed by atoms with Crippen molar-refractivity contribution in [2.24, 2.45) is 5.92 Å². The maximum atomic E-state index is 11.8. The van der Waals surface area contributed by atoms with Crippen LogP contribution >= 0.6 is 0 Å². The van der Waals surface area contributed by atoms with Gasteiger partial charge in [0.2, 0.25) is 5.91 Å². The van der Waals surface area contributed by atoms with Crippen molar-refractivity contribution in [2.45, 2.75) is 27.2 Å². The monoisotopic (exact) mass is 230 g/mol. The predicted molar refractivity (Wildman–Crippen MR) is 66.5 cm³/mol. The molecule has 0 saturated carbocycles. The summed E-state index contributed by atoms with van der Waals surface area (Å²) in [6, 6.07) is 0. The topological polar surface area (TPSA) is 41.6 Å². The van der Waals surface area contributed by atoms with Crippen LogP contribution in [0.1, 0.15) is 27.2 Å². The average molecular weight is 230 g/mol. The number of hydrogen-bond donors (Lipinski definition) is 1. The van der Waals surface area contributed by atoms with Gasteiger partial charge in [-0.2, -0.15) is 0 Å². The SMILES string of the molecule is CCC(C)CN(CC)C(=O)CNCCOC. The van der Waals surface area contributed by atoms with E-state index in [4.69, 9.17) is 4.74 Å². The highest BCUT2D eigenvalue weighted by atomic mass is 16.5. The lowest BCUT2D eigenvalue weighted by Gasteiger charge is -2.24. The van der Waals surface area contributed by atoms with E-state index in [1.807, 2.05) is 11.8 Å². The summed E-state index contributed by atoms with van der Waals surface area (Å²) in [5.74, 6) is 0.752. The van der Waals surface area contributed by atoms with Crippen molar-refractivity contribution in [3.05, 3.63) is 0 Å². The lowest BCUT2D eigenvalue weighted by Crippen LogP contribution is -2.41. The fourth-order valence-corrected chi connectivity index (χ4v) is 1.39. The highest BCUT2D eigenvalue weighted by Gasteiger charge is 2.13. The van der Waals surface area contributed by atoms with E-state index in [1.165, 1.54) is 0 Å². The highest BCUT2D eigenvalue weighted by molar-refractivity contribution is 5.78. The number of rotatable bonds is 9. The average Bonchev–Trinajstić information content (AvgIpc) is 2.30. The first-order valence-corrected chi connectivity index (χ1v) is 6.13. The van der Waals surface area contributed by atoms with Crippen molar-refractivity contribution in [2.75, 3.05) is 39.9 Å². The number of likely N-dealkylation sites (N-methyl/N-ethyl adjacent to an activating group) is 1. The van der Waals surface area contributed by atoms with E-state index < -0.39 is 0 Å². The molecule has 0 heterocycles. The molecule has 0 aromatic heterocycles. The van der Waals surface area contributed by atoms with Crippen LogP contribution in [0.3, 0.4) is 0 Å². The molecule has 0 fully saturated rings. The number of amides is 1. The first-order chi connectivity index (χ1) is 7.65. The van der Waals surface area contributed by atoms with Crippen LogP contribution in [0, 0.1) is 5.92 Å². The molecule has 0 aliphatic carbocycles. The van der Waals surface area contributed by atoms with E-state index in [0.29, 0.717) is 19.1 Å². The van der Waals surface area contributed by atoms with Gasteiger partial charge in [0.15, 0.2) is 0 Å². The molecule has 0 aliphatic heterocycles. The van der Waals surface area contributed by atoms with E-state index in [9.17, 15) is 4.79 Å². The molecule has 0 radical (unpaired) electrons. The molecule has 0 aromatic rings. The molecule has 0 aromatic carbocycles. The standard InChI is InChI=1S/C12H26N2O2/c1-5-11(3)10-14(6-2)12(15)9-13-7-8-16-4/h11,13H,5-10H2,1-4H3. The van der Waals surface area contributed by atoms with Crippen molar-refractivity contribution in [3.8, 4) is 0 Å². The Labute approximate surface area is 99.3 Å². The molecule has 0 aliphatic rings. The normalized spacial score (nSPS) is 12.5. The second-order valence-electron chi connectivity index (χ2n) is 4.12. The zero-order valence-electron chi connectivity index (χ0n) is 11.1. The molecule has 1 amide bonds. The number of methoxy groups -OCH3 is 1. The molecule has 4 heteroatoms. The van der Waals surface area contributed by atoms with Crippen LogP contribution in [-0.2, 0) is 9.53 Å². The largest absolute Gasteiger partial charge is 0.383 e. The van der Waals surface area contributed by atoms with E-state index in [1.54, 1.807) is 7.11 Å². The molecule has 0 bridgehead atoms. The molecule has 1 atom stereocenters. The van der Waals surface area contributed by atoms with E-state index >= 15 is 0 Å². The number of hydrogen-bond acceptors (Lipinski definition) is 3. The third kappa shape index (κ3) is 6.80. The molecular formula is C12H26N2O2. The van der Waals surface area contributed by atoms with Crippen LogP contribution in [0.2, 0.25) is 0 Å². The third-order valence-electron chi connectivity index (χ3n) is 2.72. The Morgan fingerprint density at radius 1 is 1.44 bits per heavy atom. The summed E-state index contributed by atoms with van der Waals surface area (Å²) in [6.45, 7) is 9.78. The zero-order chi connectivity index (χ0) is 12.4. The third-order valence-corrected chi connectivity index (χ3v) is 2.72. The maximum Gasteiger partial charge on any atom is 0.236 e. The summed E-state index contributed by atoms with van der Waals surface area (Å²) >= 11 is 0. The zero-order valence-corrected chi connectivity index (χ0v) is 11.1. The lowest BCUT2D eigenvalue weighted by atomic mass is 10.1. The quantitative estimate of drug-likeness (QED) is 0.603. The Morgan fingerprint density at radius 3 is 2.62 bits per heavy atom. The Hall–Kier alpha value is -0.610. The predicted octanol–water partition coefficient (Wildman–Crippen LogP) is 1.12. The summed E-state index contributed by atoms with van der Waals surface area (Å²) in [4.78, 5) is 13.7. The van der Waals surface area contributed by atoms with Gasteiger partial charge in [0.05, 0.1) is 13.2 Å². The van der Waals surface area contributed by atoms with E-state index in [2.05, 4.69) is 19.2 Å². The van der Waals surface area contributed by atoms with Gasteiger partial charge in [0.1, 0.15) is 0 Å². The van der Waals surface area contributed by atoms with Crippen LogP contribution in [0.5, 0.6) is 0 Å². The minimum absolute atomic E-state index is 0.180. The molecule has 0 rings (SSSR count). The molecule has 1 unspecified atom stereocenters. The number of carbonyl (C=O) groups is 1. The summed E-state index contributed by atoms with van der Waals surface area (Å²) in [5, 5.41) is 3.08. The van der Waals surface area contributed by atoms with Gasteiger partial charge in [-0.3, -0.25) is 4.79 Å². The number of carbonyl (C=O) groups excluding carboxylic acids is 1. The van der Waals surface area contributed by atoms with Gasteiger partial charge in [-0.15, -0.1) is 0 Å². The van der Waals surface area contributed by atoms with Crippen LogP contribution in [0.25, 0.3) is 0 Å². The van der Waals surface area contributed by atoms with Gasteiger partial charge in [-0.25, -0.2) is 0 Å². The second-order valence-corrected chi connectivity index (χ2v) is 4.12. The summed E-state index contributed by atoms with van der Waals surface area (Å²) < 4.78 is 4.90. The van der Waals surface area contributed by atoms with E-state index in [0.717, 1.165) is 26.1 Å².